The fourth-order valence-corrected chi connectivity index (χ4v) is 3.18. The maximum atomic E-state index is 12.5. The number of anilines is 2. The molecule has 0 fully saturated rings. The number of rotatable bonds is 7. The minimum absolute atomic E-state index is 0.151. The molecule has 0 unspecified atom stereocenters. The van der Waals surface area contributed by atoms with Gasteiger partial charge in [-0.3, -0.25) is 19.2 Å². The number of nitrogens with zero attached hydrogens (tertiary/aromatic N) is 3. The summed E-state index contributed by atoms with van der Waals surface area (Å²) in [4.78, 5) is 22.8. The van der Waals surface area contributed by atoms with Crippen LogP contribution in [0.4, 0.5) is 17.1 Å². The first-order valence-corrected chi connectivity index (χ1v) is 9.38. The van der Waals surface area contributed by atoms with E-state index in [-0.39, 0.29) is 22.7 Å². The van der Waals surface area contributed by atoms with E-state index in [2.05, 4.69) is 5.32 Å². The number of hydrogen-bond donors (Lipinski definition) is 1. The molecule has 0 spiro atoms. The molecule has 28 heavy (non-hydrogen) atoms. The number of methoxy groups -OCH3 is 1. The highest BCUT2D eigenvalue weighted by Crippen LogP contribution is 2.29. The summed E-state index contributed by atoms with van der Waals surface area (Å²) in [5.74, 6) is -0.254. The number of non-ortho nitro benzene ring substituents is 1. The molecule has 0 radical (unpaired) electrons. The van der Waals surface area contributed by atoms with Crippen LogP contribution in [0.15, 0.2) is 42.5 Å². The van der Waals surface area contributed by atoms with Crippen LogP contribution < -0.4 is 14.4 Å². The normalized spacial score (nSPS) is 11.2. The van der Waals surface area contributed by atoms with Crippen molar-refractivity contribution in [3.63, 3.8) is 0 Å². The van der Waals surface area contributed by atoms with E-state index in [4.69, 9.17) is 4.74 Å². The standard InChI is InChI=1S/C17H20N4O6S/c1-19(2)28(25,26)20(3)13-7-5-12(6-8-13)17(22)18-15-11-14(21(23)24)9-10-16(15)27-4/h5-11H,1-4H3,(H,18,22). The van der Waals surface area contributed by atoms with Gasteiger partial charge >= 0.3 is 10.2 Å². The van der Waals surface area contributed by atoms with E-state index in [9.17, 15) is 23.3 Å². The first-order valence-electron chi connectivity index (χ1n) is 7.98. The van der Waals surface area contributed by atoms with Crippen molar-refractivity contribution in [2.24, 2.45) is 0 Å². The largest absolute Gasteiger partial charge is 0.495 e. The first kappa shape index (κ1) is 21.1. The lowest BCUT2D eigenvalue weighted by atomic mass is 10.2. The second-order valence-corrected chi connectivity index (χ2v) is 8.07. The number of carbonyl (C=O) groups is 1. The zero-order chi connectivity index (χ0) is 21.1. The molecule has 10 nitrogen and oxygen atoms in total. The van der Waals surface area contributed by atoms with Crippen LogP contribution in [0.2, 0.25) is 0 Å². The number of benzene rings is 2. The molecule has 0 aliphatic carbocycles. The van der Waals surface area contributed by atoms with Gasteiger partial charge in [0.1, 0.15) is 5.75 Å². The summed E-state index contributed by atoms with van der Waals surface area (Å²) in [5, 5.41) is 13.5. The highest BCUT2D eigenvalue weighted by atomic mass is 32.2. The van der Waals surface area contributed by atoms with Crippen LogP contribution in [0.25, 0.3) is 0 Å². The molecule has 0 atom stereocenters. The van der Waals surface area contributed by atoms with Gasteiger partial charge < -0.3 is 10.1 Å². The van der Waals surface area contributed by atoms with Crippen molar-refractivity contribution in [2.75, 3.05) is 37.9 Å². The Bertz CT molecular complexity index is 989. The number of ether oxygens (including phenoxy) is 1. The zero-order valence-electron chi connectivity index (χ0n) is 15.7. The SMILES string of the molecule is COc1ccc([N+](=O)[O-])cc1NC(=O)c1ccc(N(C)S(=O)(=O)N(C)C)cc1. The summed E-state index contributed by atoms with van der Waals surface area (Å²) in [5.41, 5.74) is 0.575. The van der Waals surface area contributed by atoms with Crippen molar-refractivity contribution in [1.82, 2.24) is 4.31 Å². The Balaban J connectivity index is 2.25. The van der Waals surface area contributed by atoms with Gasteiger partial charge in [0.2, 0.25) is 0 Å². The Kier molecular flexibility index (Phi) is 6.21. The molecule has 0 aromatic heterocycles. The number of hydrogen-bond acceptors (Lipinski definition) is 6. The maximum Gasteiger partial charge on any atom is 0.303 e. The van der Waals surface area contributed by atoms with Crippen molar-refractivity contribution in [3.05, 3.63) is 58.1 Å². The van der Waals surface area contributed by atoms with Gasteiger partial charge in [-0.05, 0) is 30.3 Å². The van der Waals surface area contributed by atoms with Crippen LogP contribution >= 0.6 is 0 Å². The predicted molar refractivity (Wildman–Crippen MR) is 105 cm³/mol. The van der Waals surface area contributed by atoms with Crippen LogP contribution in [-0.4, -0.2) is 51.8 Å². The van der Waals surface area contributed by atoms with E-state index in [1.54, 1.807) is 0 Å². The number of amides is 1. The average Bonchev–Trinajstić information content (AvgIpc) is 2.67. The summed E-state index contributed by atoms with van der Waals surface area (Å²) < 4.78 is 31.6. The molecule has 0 aliphatic rings. The summed E-state index contributed by atoms with van der Waals surface area (Å²) in [6.07, 6.45) is 0. The second kappa shape index (κ2) is 8.23. The third-order valence-electron chi connectivity index (χ3n) is 3.94. The molecule has 0 saturated carbocycles. The Labute approximate surface area is 162 Å². The smallest absolute Gasteiger partial charge is 0.303 e. The van der Waals surface area contributed by atoms with E-state index in [1.807, 2.05) is 0 Å². The average molecular weight is 408 g/mol. The molecule has 2 rings (SSSR count). The molecule has 0 saturated heterocycles. The number of nitro groups is 1. The van der Waals surface area contributed by atoms with Crippen molar-refractivity contribution in [2.45, 2.75) is 0 Å². The van der Waals surface area contributed by atoms with Gasteiger partial charge in [0, 0.05) is 38.8 Å². The third kappa shape index (κ3) is 4.38. The van der Waals surface area contributed by atoms with E-state index in [1.165, 1.54) is 70.7 Å². The second-order valence-electron chi connectivity index (χ2n) is 5.90. The molecule has 2 aromatic carbocycles. The zero-order valence-corrected chi connectivity index (χ0v) is 16.6. The van der Waals surface area contributed by atoms with E-state index in [0.29, 0.717) is 5.69 Å². The van der Waals surface area contributed by atoms with E-state index >= 15 is 0 Å². The molecule has 0 bridgehead atoms. The monoisotopic (exact) mass is 408 g/mol. The molecule has 1 N–H and O–H groups in total. The molecular weight excluding hydrogens is 388 g/mol. The molecule has 0 aliphatic heterocycles. The lowest BCUT2D eigenvalue weighted by molar-refractivity contribution is -0.384. The fraction of sp³-hybridized carbons (Fsp3) is 0.235. The topological polar surface area (TPSA) is 122 Å². The van der Waals surface area contributed by atoms with Crippen molar-refractivity contribution >= 4 is 33.2 Å². The fourth-order valence-electron chi connectivity index (χ4n) is 2.30. The molecule has 0 heterocycles. The molecule has 1 amide bonds. The molecule has 11 heteroatoms. The highest BCUT2D eigenvalue weighted by molar-refractivity contribution is 7.90. The van der Waals surface area contributed by atoms with Gasteiger partial charge in [-0.25, -0.2) is 0 Å². The number of carbonyl (C=O) groups excluding carboxylic acids is 1. The van der Waals surface area contributed by atoms with Crippen LogP contribution in [0, 0.1) is 10.1 Å². The Morgan fingerprint density at radius 2 is 1.71 bits per heavy atom. The third-order valence-corrected chi connectivity index (χ3v) is 5.77. The molecule has 150 valence electrons. The highest BCUT2D eigenvalue weighted by Gasteiger charge is 2.21. The summed E-state index contributed by atoms with van der Waals surface area (Å²) in [6, 6.07) is 9.73. The predicted octanol–water partition coefficient (Wildman–Crippen LogP) is 2.10. The Morgan fingerprint density at radius 3 is 2.21 bits per heavy atom. The number of nitro benzene ring substituents is 1. The van der Waals surface area contributed by atoms with Gasteiger partial charge in [0.15, 0.2) is 0 Å². The first-order chi connectivity index (χ1) is 13.1. The minimum atomic E-state index is -3.65. The lowest BCUT2D eigenvalue weighted by Crippen LogP contribution is -2.37. The van der Waals surface area contributed by atoms with Crippen LogP contribution in [0.3, 0.4) is 0 Å². The maximum absolute atomic E-state index is 12.5. The number of nitrogens with one attached hydrogen (secondary N) is 1. The van der Waals surface area contributed by atoms with Gasteiger partial charge in [-0.15, -0.1) is 0 Å². The van der Waals surface area contributed by atoms with Gasteiger partial charge in [0.25, 0.3) is 11.6 Å². The summed E-state index contributed by atoms with van der Waals surface area (Å²) in [6.45, 7) is 0. The summed E-state index contributed by atoms with van der Waals surface area (Å²) >= 11 is 0. The Morgan fingerprint density at radius 1 is 1.11 bits per heavy atom. The Hall–Kier alpha value is -3.18. The summed E-state index contributed by atoms with van der Waals surface area (Å²) in [7, 11) is 1.97. The van der Waals surface area contributed by atoms with Gasteiger partial charge in [0.05, 0.1) is 23.4 Å². The van der Waals surface area contributed by atoms with Crippen molar-refractivity contribution < 1.29 is 22.9 Å². The van der Waals surface area contributed by atoms with Crippen LogP contribution in [0.5, 0.6) is 5.75 Å². The molecular formula is C17H20N4O6S. The molecule has 2 aromatic rings. The van der Waals surface area contributed by atoms with Crippen LogP contribution in [-0.2, 0) is 10.2 Å². The van der Waals surface area contributed by atoms with Gasteiger partial charge in [-0.2, -0.15) is 12.7 Å². The van der Waals surface area contributed by atoms with Crippen molar-refractivity contribution in [1.29, 1.82) is 0 Å². The lowest BCUT2D eigenvalue weighted by Gasteiger charge is -2.23. The van der Waals surface area contributed by atoms with Gasteiger partial charge in [-0.1, -0.05) is 0 Å². The quantitative estimate of drug-likeness (QED) is 0.553. The van der Waals surface area contributed by atoms with E-state index in [0.717, 1.165) is 8.61 Å². The van der Waals surface area contributed by atoms with Crippen molar-refractivity contribution in [3.8, 4) is 5.75 Å². The van der Waals surface area contributed by atoms with Crippen LogP contribution in [0.1, 0.15) is 10.4 Å². The minimum Gasteiger partial charge on any atom is -0.495 e. The van der Waals surface area contributed by atoms with E-state index < -0.39 is 21.0 Å².